The Balaban J connectivity index is 3.11. The number of aryl methyl sites for hydroxylation is 1. The third-order valence-corrected chi connectivity index (χ3v) is 0.996. The molecule has 9 heavy (non-hydrogen) atoms. The van der Waals surface area contributed by atoms with E-state index in [4.69, 9.17) is 5.73 Å². The minimum Gasteiger partial charge on any atom is -0.382 e. The van der Waals surface area contributed by atoms with E-state index in [2.05, 4.69) is 15.1 Å². The van der Waals surface area contributed by atoms with Gasteiger partial charge in [0, 0.05) is 5.18 Å². The molecule has 1 aromatic rings. The lowest BCUT2D eigenvalue weighted by atomic mass is 10.5. The van der Waals surface area contributed by atoms with E-state index in [0.717, 1.165) is 0 Å². The van der Waals surface area contributed by atoms with Crippen LogP contribution in [0, 0.1) is 11.8 Å². The first-order valence-corrected chi connectivity index (χ1v) is 2.39. The van der Waals surface area contributed by atoms with Crippen molar-refractivity contribution in [3.05, 3.63) is 10.6 Å². The van der Waals surface area contributed by atoms with Gasteiger partial charge in [0.05, 0.1) is 5.69 Å². The van der Waals surface area contributed by atoms with Crippen molar-refractivity contribution >= 4 is 11.8 Å². The average molecular weight is 126 g/mol. The molecule has 0 atom stereocenters. The van der Waals surface area contributed by atoms with Crippen molar-refractivity contribution in [2.45, 2.75) is 6.92 Å². The maximum Gasteiger partial charge on any atom is 0.271 e. The third-order valence-electron chi connectivity index (χ3n) is 0.996. The summed E-state index contributed by atoms with van der Waals surface area (Å²) in [5.41, 5.74) is 5.95. The number of nitrogens with one attached hydrogen (secondary N) is 1. The van der Waals surface area contributed by atoms with Crippen LogP contribution in [0.4, 0.5) is 11.8 Å². The zero-order chi connectivity index (χ0) is 6.85. The topological polar surface area (TPSA) is 84.1 Å². The predicted octanol–water partition coefficient (Wildman–Crippen LogP) is 0.698. The van der Waals surface area contributed by atoms with Crippen molar-refractivity contribution in [3.8, 4) is 0 Å². The normalized spacial score (nSPS) is 9.44. The lowest BCUT2D eigenvalue weighted by Crippen LogP contribution is -1.85. The molecular formula is C4H6N4O. The molecule has 5 nitrogen and oxygen atoms in total. The van der Waals surface area contributed by atoms with Crippen LogP contribution < -0.4 is 5.73 Å². The van der Waals surface area contributed by atoms with Crippen LogP contribution in [-0.4, -0.2) is 9.97 Å². The Kier molecular flexibility index (Phi) is 1.18. The van der Waals surface area contributed by atoms with Crippen LogP contribution in [0.2, 0.25) is 0 Å². The lowest BCUT2D eigenvalue weighted by Gasteiger charge is -1.79. The Morgan fingerprint density at radius 1 is 1.78 bits per heavy atom. The van der Waals surface area contributed by atoms with E-state index in [1.165, 1.54) is 0 Å². The summed E-state index contributed by atoms with van der Waals surface area (Å²) >= 11 is 0. The maximum absolute atomic E-state index is 9.77. The van der Waals surface area contributed by atoms with E-state index >= 15 is 0 Å². The molecule has 0 unspecified atom stereocenters. The number of nitrogen functional groups attached to an aromatic ring is 1. The second kappa shape index (κ2) is 1.85. The maximum atomic E-state index is 9.77. The first-order chi connectivity index (χ1) is 4.24. The van der Waals surface area contributed by atoms with Crippen molar-refractivity contribution in [3.63, 3.8) is 0 Å². The van der Waals surface area contributed by atoms with Crippen LogP contribution in [0.3, 0.4) is 0 Å². The van der Waals surface area contributed by atoms with Crippen LogP contribution in [0.25, 0.3) is 0 Å². The first kappa shape index (κ1) is 5.74. The molecule has 0 aliphatic carbocycles. The van der Waals surface area contributed by atoms with Crippen molar-refractivity contribution in [1.29, 1.82) is 0 Å². The van der Waals surface area contributed by atoms with Gasteiger partial charge in [0.15, 0.2) is 0 Å². The number of imidazole rings is 1. The Morgan fingerprint density at radius 2 is 2.44 bits per heavy atom. The van der Waals surface area contributed by atoms with Gasteiger partial charge in [-0.3, -0.25) is 0 Å². The summed E-state index contributed by atoms with van der Waals surface area (Å²) in [6, 6.07) is 0. The van der Waals surface area contributed by atoms with E-state index in [1.54, 1.807) is 6.92 Å². The summed E-state index contributed by atoms with van der Waals surface area (Å²) in [5, 5.41) is 2.56. The van der Waals surface area contributed by atoms with E-state index < -0.39 is 0 Å². The predicted molar refractivity (Wildman–Crippen MR) is 33.2 cm³/mol. The number of aromatic nitrogens is 2. The SMILES string of the molecule is Cc1[nH]c(N=O)nc1N. The highest BCUT2D eigenvalue weighted by atomic mass is 16.3. The second-order valence-electron chi connectivity index (χ2n) is 1.66. The zero-order valence-corrected chi connectivity index (χ0v) is 4.88. The van der Waals surface area contributed by atoms with Crippen LogP contribution in [0.5, 0.6) is 0 Å². The highest BCUT2D eigenvalue weighted by Gasteiger charge is 2.00. The van der Waals surface area contributed by atoms with Gasteiger partial charge in [0.2, 0.25) is 0 Å². The molecule has 0 radical (unpaired) electrons. The molecule has 0 amide bonds. The van der Waals surface area contributed by atoms with Gasteiger partial charge in [-0.05, 0) is 6.92 Å². The number of H-pyrrole nitrogens is 1. The Morgan fingerprint density at radius 3 is 2.67 bits per heavy atom. The zero-order valence-electron chi connectivity index (χ0n) is 4.88. The number of nitrogens with two attached hydrogens (primary N) is 1. The average Bonchev–Trinajstić information content (AvgIpc) is 2.13. The van der Waals surface area contributed by atoms with E-state index in [-0.39, 0.29) is 5.95 Å². The van der Waals surface area contributed by atoms with Gasteiger partial charge >= 0.3 is 0 Å². The molecule has 0 aliphatic rings. The number of rotatable bonds is 1. The fourth-order valence-corrected chi connectivity index (χ4v) is 0.501. The molecule has 1 aromatic heterocycles. The molecule has 1 rings (SSSR count). The molecule has 3 N–H and O–H groups in total. The van der Waals surface area contributed by atoms with Gasteiger partial charge in [0.25, 0.3) is 5.95 Å². The molecule has 0 aliphatic heterocycles. The van der Waals surface area contributed by atoms with Gasteiger partial charge in [-0.1, -0.05) is 0 Å². The van der Waals surface area contributed by atoms with Gasteiger partial charge in [-0.15, -0.1) is 4.91 Å². The molecule has 0 saturated carbocycles. The Bertz CT molecular complexity index is 209. The van der Waals surface area contributed by atoms with Gasteiger partial charge in [-0.2, -0.15) is 4.98 Å². The van der Waals surface area contributed by atoms with Crippen LogP contribution in [0.15, 0.2) is 5.18 Å². The van der Waals surface area contributed by atoms with Crippen molar-refractivity contribution < 1.29 is 0 Å². The number of anilines is 1. The smallest absolute Gasteiger partial charge is 0.271 e. The summed E-state index contributed by atoms with van der Waals surface area (Å²) in [6.07, 6.45) is 0. The Hall–Kier alpha value is -1.39. The highest BCUT2D eigenvalue weighted by Crippen LogP contribution is 2.11. The van der Waals surface area contributed by atoms with Gasteiger partial charge in [-0.25, -0.2) is 0 Å². The van der Waals surface area contributed by atoms with Crippen LogP contribution in [-0.2, 0) is 0 Å². The highest BCUT2D eigenvalue weighted by molar-refractivity contribution is 5.40. The number of hydrogen-bond donors (Lipinski definition) is 2. The fourth-order valence-electron chi connectivity index (χ4n) is 0.501. The van der Waals surface area contributed by atoms with Crippen LogP contribution in [0.1, 0.15) is 5.69 Å². The largest absolute Gasteiger partial charge is 0.382 e. The minimum absolute atomic E-state index is 0.0324. The molecule has 0 aromatic carbocycles. The minimum atomic E-state index is 0.0324. The molecule has 0 bridgehead atoms. The quantitative estimate of drug-likeness (QED) is 0.543. The Labute approximate surface area is 51.3 Å². The number of nitroso groups, excluding NO2 is 1. The van der Waals surface area contributed by atoms with Crippen molar-refractivity contribution in [2.75, 3.05) is 5.73 Å². The van der Waals surface area contributed by atoms with Gasteiger partial charge in [0.1, 0.15) is 5.82 Å². The molecule has 1 heterocycles. The van der Waals surface area contributed by atoms with E-state index in [0.29, 0.717) is 11.5 Å². The number of nitrogens with zero attached hydrogens (tertiary/aromatic N) is 2. The molecule has 48 valence electrons. The summed E-state index contributed by atoms with van der Waals surface area (Å²) in [6.45, 7) is 1.72. The summed E-state index contributed by atoms with van der Waals surface area (Å²) < 4.78 is 0. The lowest BCUT2D eigenvalue weighted by molar-refractivity contribution is 1.20. The molecular weight excluding hydrogens is 120 g/mol. The monoisotopic (exact) mass is 126 g/mol. The summed E-state index contributed by atoms with van der Waals surface area (Å²) in [4.78, 5) is 15.9. The molecule has 0 saturated heterocycles. The van der Waals surface area contributed by atoms with Crippen LogP contribution >= 0.6 is 0 Å². The van der Waals surface area contributed by atoms with Gasteiger partial charge < -0.3 is 10.7 Å². The molecule has 0 fully saturated rings. The van der Waals surface area contributed by atoms with E-state index in [1.807, 2.05) is 0 Å². The van der Waals surface area contributed by atoms with Crippen molar-refractivity contribution in [2.24, 2.45) is 5.18 Å². The number of aromatic amines is 1. The van der Waals surface area contributed by atoms with Crippen molar-refractivity contribution in [1.82, 2.24) is 9.97 Å². The second-order valence-corrected chi connectivity index (χ2v) is 1.66. The fraction of sp³-hybridized carbons (Fsp3) is 0.250. The molecule has 5 heteroatoms. The van der Waals surface area contributed by atoms with E-state index in [9.17, 15) is 4.91 Å². The number of hydrogen-bond acceptors (Lipinski definition) is 4. The first-order valence-electron chi connectivity index (χ1n) is 2.39. The third kappa shape index (κ3) is 0.883. The summed E-state index contributed by atoms with van der Waals surface area (Å²) in [7, 11) is 0. The molecule has 0 spiro atoms. The summed E-state index contributed by atoms with van der Waals surface area (Å²) in [5.74, 6) is 0.356. The standard InChI is InChI=1S/C4H6N4O/c1-2-3(5)7-4(6-2)8-9/h5H2,1H3,(H,6,7).